The van der Waals surface area contributed by atoms with Crippen LogP contribution in [0.25, 0.3) is 0 Å². The molecule has 0 heterocycles. The van der Waals surface area contributed by atoms with Crippen molar-refractivity contribution in [3.63, 3.8) is 0 Å². The first-order valence-electron chi connectivity index (χ1n) is 3.61. The summed E-state index contributed by atoms with van der Waals surface area (Å²) in [5.41, 5.74) is 1.17. The Hall–Kier alpha value is -0.450. The van der Waals surface area contributed by atoms with Crippen molar-refractivity contribution in [2.24, 2.45) is 0 Å². The van der Waals surface area contributed by atoms with Gasteiger partial charge in [-0.15, -0.1) is 12.3 Å². The van der Waals surface area contributed by atoms with E-state index in [4.69, 9.17) is 18.0 Å². The maximum atomic E-state index is 5.85. The summed E-state index contributed by atoms with van der Waals surface area (Å²) in [6.07, 6.45) is 6.80. The monoisotopic (exact) mass is 242 g/mol. The smallest absolute Gasteiger partial charge is 0.0419 e. The highest BCUT2D eigenvalue weighted by atomic mass is 79.9. The predicted octanol–water partition coefficient (Wildman–Crippen LogP) is 3.67. The Labute approximate surface area is 86.1 Å². The maximum absolute atomic E-state index is 5.85. The molecule has 0 aliphatic rings. The molecule has 1 aromatic rings. The van der Waals surface area contributed by atoms with Gasteiger partial charge >= 0.3 is 0 Å². The lowest BCUT2D eigenvalue weighted by Gasteiger charge is -1.99. The van der Waals surface area contributed by atoms with Crippen LogP contribution in [0.4, 0.5) is 0 Å². The van der Waals surface area contributed by atoms with E-state index in [0.29, 0.717) is 0 Å². The second-order valence-corrected chi connectivity index (χ2v) is 3.83. The molecule has 0 aliphatic carbocycles. The van der Waals surface area contributed by atoms with Crippen LogP contribution in [0.2, 0.25) is 5.02 Å². The lowest BCUT2D eigenvalue weighted by Crippen LogP contribution is -1.83. The SMILES string of the molecule is C#CCCc1cc(Cl)cc(Br)c1. The molecule has 0 spiro atoms. The quantitative estimate of drug-likeness (QED) is 0.695. The number of rotatable bonds is 2. The molecule has 0 fully saturated rings. The lowest BCUT2D eigenvalue weighted by molar-refractivity contribution is 1.03. The summed E-state index contributed by atoms with van der Waals surface area (Å²) < 4.78 is 1.00. The van der Waals surface area contributed by atoms with Crippen molar-refractivity contribution in [3.05, 3.63) is 33.3 Å². The number of aryl methyl sites for hydroxylation is 1. The summed E-state index contributed by atoms with van der Waals surface area (Å²) in [5.74, 6) is 2.60. The van der Waals surface area contributed by atoms with E-state index in [9.17, 15) is 0 Å². The van der Waals surface area contributed by atoms with Crippen molar-refractivity contribution < 1.29 is 0 Å². The van der Waals surface area contributed by atoms with Gasteiger partial charge in [0, 0.05) is 15.9 Å². The molecule has 0 nitrogen and oxygen atoms in total. The molecule has 1 aromatic carbocycles. The first kappa shape index (κ1) is 9.64. The van der Waals surface area contributed by atoms with Crippen molar-refractivity contribution in [2.75, 3.05) is 0 Å². The van der Waals surface area contributed by atoms with Gasteiger partial charge in [-0.1, -0.05) is 27.5 Å². The van der Waals surface area contributed by atoms with E-state index in [1.54, 1.807) is 0 Å². The van der Waals surface area contributed by atoms with E-state index in [1.807, 2.05) is 18.2 Å². The van der Waals surface area contributed by atoms with E-state index >= 15 is 0 Å². The van der Waals surface area contributed by atoms with E-state index in [0.717, 1.165) is 22.3 Å². The second-order valence-electron chi connectivity index (χ2n) is 2.48. The average molecular weight is 244 g/mol. The molecule has 0 atom stereocenters. The Morgan fingerprint density at radius 3 is 2.75 bits per heavy atom. The topological polar surface area (TPSA) is 0 Å². The summed E-state index contributed by atoms with van der Waals surface area (Å²) >= 11 is 9.22. The minimum absolute atomic E-state index is 0.747. The van der Waals surface area contributed by atoms with Gasteiger partial charge < -0.3 is 0 Å². The summed E-state index contributed by atoms with van der Waals surface area (Å²) in [5, 5.41) is 0.747. The van der Waals surface area contributed by atoms with E-state index in [1.165, 1.54) is 5.56 Å². The number of halogens is 2. The van der Waals surface area contributed by atoms with Crippen LogP contribution in [0.15, 0.2) is 22.7 Å². The Bertz CT molecular complexity index is 292. The molecule has 0 bridgehead atoms. The zero-order valence-electron chi connectivity index (χ0n) is 6.48. The molecule has 2 heteroatoms. The molecule has 0 saturated heterocycles. The van der Waals surface area contributed by atoms with Crippen LogP contribution in [0.5, 0.6) is 0 Å². The third-order valence-corrected chi connectivity index (χ3v) is 2.16. The highest BCUT2D eigenvalue weighted by Crippen LogP contribution is 2.20. The molecule has 12 heavy (non-hydrogen) atoms. The third-order valence-electron chi connectivity index (χ3n) is 1.48. The summed E-state index contributed by atoms with van der Waals surface area (Å²) in [6, 6.07) is 5.83. The fraction of sp³-hybridized carbons (Fsp3) is 0.200. The van der Waals surface area contributed by atoms with E-state index in [2.05, 4.69) is 21.9 Å². The van der Waals surface area contributed by atoms with Gasteiger partial charge in [0.05, 0.1) is 0 Å². The fourth-order valence-electron chi connectivity index (χ4n) is 0.972. The molecule has 0 N–H and O–H groups in total. The van der Waals surface area contributed by atoms with Gasteiger partial charge in [-0.3, -0.25) is 0 Å². The number of hydrogen-bond acceptors (Lipinski definition) is 0. The van der Waals surface area contributed by atoms with Crippen LogP contribution in [0.1, 0.15) is 12.0 Å². The van der Waals surface area contributed by atoms with Crippen LogP contribution in [0, 0.1) is 12.3 Å². The van der Waals surface area contributed by atoms with Crippen molar-refractivity contribution in [1.82, 2.24) is 0 Å². The van der Waals surface area contributed by atoms with Crippen molar-refractivity contribution in [3.8, 4) is 12.3 Å². The highest BCUT2D eigenvalue weighted by molar-refractivity contribution is 9.10. The lowest BCUT2D eigenvalue weighted by atomic mass is 10.1. The van der Waals surface area contributed by atoms with E-state index in [-0.39, 0.29) is 0 Å². The van der Waals surface area contributed by atoms with Gasteiger partial charge in [-0.25, -0.2) is 0 Å². The Morgan fingerprint density at radius 1 is 1.42 bits per heavy atom. The fourth-order valence-corrected chi connectivity index (χ4v) is 1.90. The Balaban J connectivity index is 2.80. The Kier molecular flexibility index (Phi) is 3.65. The van der Waals surface area contributed by atoms with Crippen LogP contribution in [0.3, 0.4) is 0 Å². The maximum Gasteiger partial charge on any atom is 0.0419 e. The standard InChI is InChI=1S/C10H8BrCl/c1-2-3-4-8-5-9(11)7-10(12)6-8/h1,5-7H,3-4H2. The van der Waals surface area contributed by atoms with Gasteiger partial charge in [-0.05, 0) is 30.2 Å². The molecular weight excluding hydrogens is 235 g/mol. The zero-order valence-corrected chi connectivity index (χ0v) is 8.82. The average Bonchev–Trinajstić information content (AvgIpc) is 1.99. The molecule has 0 saturated carbocycles. The zero-order chi connectivity index (χ0) is 8.97. The second kappa shape index (κ2) is 4.54. The van der Waals surface area contributed by atoms with Crippen molar-refractivity contribution in [2.45, 2.75) is 12.8 Å². The van der Waals surface area contributed by atoms with E-state index < -0.39 is 0 Å². The molecule has 0 radical (unpaired) electrons. The van der Waals surface area contributed by atoms with Gasteiger partial charge in [0.25, 0.3) is 0 Å². The molecule has 0 aromatic heterocycles. The molecule has 1 rings (SSSR count). The van der Waals surface area contributed by atoms with Gasteiger partial charge in [0.15, 0.2) is 0 Å². The highest BCUT2D eigenvalue weighted by Gasteiger charge is 1.96. The largest absolute Gasteiger partial charge is 0.120 e. The number of terminal acetylenes is 1. The number of benzene rings is 1. The van der Waals surface area contributed by atoms with Crippen LogP contribution in [-0.4, -0.2) is 0 Å². The van der Waals surface area contributed by atoms with Gasteiger partial charge in [-0.2, -0.15) is 0 Å². The predicted molar refractivity (Wildman–Crippen MR) is 56.3 cm³/mol. The minimum Gasteiger partial charge on any atom is -0.120 e. The third kappa shape index (κ3) is 2.89. The minimum atomic E-state index is 0.747. The summed E-state index contributed by atoms with van der Waals surface area (Å²) in [4.78, 5) is 0. The van der Waals surface area contributed by atoms with Crippen LogP contribution >= 0.6 is 27.5 Å². The number of hydrogen-bond donors (Lipinski definition) is 0. The van der Waals surface area contributed by atoms with Gasteiger partial charge in [0.2, 0.25) is 0 Å². The first-order chi connectivity index (χ1) is 5.72. The summed E-state index contributed by atoms with van der Waals surface area (Å²) in [7, 11) is 0. The normalized spacial score (nSPS) is 9.42. The Morgan fingerprint density at radius 2 is 2.17 bits per heavy atom. The van der Waals surface area contributed by atoms with Crippen molar-refractivity contribution in [1.29, 1.82) is 0 Å². The van der Waals surface area contributed by atoms with Gasteiger partial charge in [0.1, 0.15) is 0 Å². The van der Waals surface area contributed by atoms with Crippen LogP contribution < -0.4 is 0 Å². The molecule has 0 aliphatic heterocycles. The molecule has 62 valence electrons. The first-order valence-corrected chi connectivity index (χ1v) is 4.78. The summed E-state index contributed by atoms with van der Waals surface area (Å²) in [6.45, 7) is 0. The van der Waals surface area contributed by atoms with Crippen LogP contribution in [-0.2, 0) is 6.42 Å². The van der Waals surface area contributed by atoms with Crippen molar-refractivity contribution >= 4 is 27.5 Å². The molecule has 0 amide bonds. The molecule has 0 unspecified atom stereocenters. The molecular formula is C10H8BrCl.